The molecule has 5 aromatic rings. The number of hydrogen-bond acceptors (Lipinski definition) is 6. The highest BCUT2D eigenvalue weighted by Crippen LogP contribution is 2.37. The second kappa shape index (κ2) is 8.14. The zero-order valence-electron chi connectivity index (χ0n) is 16.5. The molecule has 0 atom stereocenters. The Bertz CT molecular complexity index is 1500. The van der Waals surface area contributed by atoms with Gasteiger partial charge in [-0.05, 0) is 42.5 Å². The number of aromatic nitrogens is 3. The van der Waals surface area contributed by atoms with E-state index in [1.165, 1.54) is 12.1 Å². The molecule has 0 radical (unpaired) electrons. The molecule has 0 unspecified atom stereocenters. The maximum Gasteiger partial charge on any atom is 0.264 e. The summed E-state index contributed by atoms with van der Waals surface area (Å²) in [5.74, 6) is 0.974. The molecular weight excluding hydrogens is 450 g/mol. The summed E-state index contributed by atoms with van der Waals surface area (Å²) in [5.41, 5.74) is 0.812. The number of sulfone groups is 1. The smallest absolute Gasteiger partial charge is 0.264 e. The Labute approximate surface area is 188 Å². The van der Waals surface area contributed by atoms with Gasteiger partial charge in [0.2, 0.25) is 15.7 Å². The molecule has 5 rings (SSSR count). The first-order chi connectivity index (χ1) is 15.5. The second-order valence-corrected chi connectivity index (χ2v) is 9.27. The van der Waals surface area contributed by atoms with E-state index in [0.717, 1.165) is 0 Å². The number of hydrogen-bond donors (Lipinski definition) is 1. The summed E-state index contributed by atoms with van der Waals surface area (Å²) in [7, 11) is -3.91. The Morgan fingerprint density at radius 2 is 1.69 bits per heavy atom. The predicted octanol–water partition coefficient (Wildman–Crippen LogP) is 5.28. The molecule has 32 heavy (non-hydrogen) atoms. The normalized spacial score (nSPS) is 11.7. The first-order valence-corrected chi connectivity index (χ1v) is 11.5. The van der Waals surface area contributed by atoms with E-state index in [-0.39, 0.29) is 33.8 Å². The van der Waals surface area contributed by atoms with E-state index in [1.807, 2.05) is 30.3 Å². The molecule has 160 valence electrons. The summed E-state index contributed by atoms with van der Waals surface area (Å²) in [6, 6.07) is 22.4. The van der Waals surface area contributed by atoms with Crippen LogP contribution in [0.2, 0.25) is 5.02 Å². The largest absolute Gasteiger partial charge is 0.484 e. The molecule has 9 heteroatoms. The Kier molecular flexibility index (Phi) is 5.16. The number of rotatable bonds is 6. The molecule has 0 aliphatic rings. The van der Waals surface area contributed by atoms with Gasteiger partial charge in [0.25, 0.3) is 5.89 Å². The number of H-pyrrole nitrogens is 1. The third-order valence-corrected chi connectivity index (χ3v) is 6.92. The number of para-hydroxylation sites is 1. The van der Waals surface area contributed by atoms with Gasteiger partial charge in [-0.25, -0.2) is 8.42 Å². The number of nitrogens with zero attached hydrogens (tertiary/aromatic N) is 2. The molecule has 0 saturated heterocycles. The highest BCUT2D eigenvalue weighted by molar-refractivity contribution is 7.91. The van der Waals surface area contributed by atoms with Crippen molar-refractivity contribution in [3.63, 3.8) is 0 Å². The fourth-order valence-corrected chi connectivity index (χ4v) is 5.16. The van der Waals surface area contributed by atoms with Crippen molar-refractivity contribution in [2.75, 3.05) is 0 Å². The predicted molar refractivity (Wildman–Crippen MR) is 119 cm³/mol. The topological polar surface area (TPSA) is 98.1 Å². The molecule has 0 aliphatic carbocycles. The minimum Gasteiger partial charge on any atom is -0.484 e. The fourth-order valence-electron chi connectivity index (χ4n) is 3.37. The number of ether oxygens (including phenoxy) is 1. The summed E-state index contributed by atoms with van der Waals surface area (Å²) < 4.78 is 38.1. The molecule has 7 nitrogen and oxygen atoms in total. The van der Waals surface area contributed by atoms with E-state index in [2.05, 4.69) is 15.1 Å². The molecule has 0 aliphatic heterocycles. The van der Waals surface area contributed by atoms with Crippen LogP contribution >= 0.6 is 11.6 Å². The fraction of sp³-hybridized carbons (Fsp3) is 0.0435. The van der Waals surface area contributed by atoms with Gasteiger partial charge in [0.1, 0.15) is 16.3 Å². The molecule has 0 spiro atoms. The summed E-state index contributed by atoms with van der Waals surface area (Å²) >= 11 is 6.17. The molecular formula is C23H16ClN3O4S. The summed E-state index contributed by atoms with van der Waals surface area (Å²) in [6.45, 7) is 0.0455. The highest BCUT2D eigenvalue weighted by Gasteiger charge is 2.29. The van der Waals surface area contributed by atoms with Gasteiger partial charge < -0.3 is 14.2 Å². The van der Waals surface area contributed by atoms with Crippen LogP contribution in [0.25, 0.3) is 22.4 Å². The van der Waals surface area contributed by atoms with Gasteiger partial charge >= 0.3 is 0 Å². The SMILES string of the molecule is O=S(=O)(c1ccccc1)c1c(-c2noc(COc3ccccc3)n2)[nH]c2ccc(Cl)cc12. The van der Waals surface area contributed by atoms with E-state index in [4.69, 9.17) is 20.9 Å². The lowest BCUT2D eigenvalue weighted by Crippen LogP contribution is -2.03. The van der Waals surface area contributed by atoms with Crippen LogP contribution in [-0.4, -0.2) is 23.5 Å². The first kappa shape index (κ1) is 20.3. The van der Waals surface area contributed by atoms with Gasteiger partial charge in [-0.15, -0.1) is 0 Å². The van der Waals surface area contributed by atoms with E-state index >= 15 is 0 Å². The number of aromatic amines is 1. The van der Waals surface area contributed by atoms with Crippen molar-refractivity contribution in [1.82, 2.24) is 15.1 Å². The standard InChI is InChI=1S/C23H16ClN3O4S/c24-15-11-12-19-18(13-15)22(32(28,29)17-9-5-2-6-10-17)21(25-19)23-26-20(31-27-23)14-30-16-7-3-1-4-8-16/h1-13,25H,14H2. The van der Waals surface area contributed by atoms with Gasteiger partial charge in [0.15, 0.2) is 6.61 Å². The van der Waals surface area contributed by atoms with Gasteiger partial charge in [0, 0.05) is 15.9 Å². The van der Waals surface area contributed by atoms with Crippen LogP contribution in [0.1, 0.15) is 5.89 Å². The quantitative estimate of drug-likeness (QED) is 0.366. The average Bonchev–Trinajstić information content (AvgIpc) is 3.43. The van der Waals surface area contributed by atoms with Crippen LogP contribution in [0.4, 0.5) is 0 Å². The summed E-state index contributed by atoms with van der Waals surface area (Å²) in [6.07, 6.45) is 0. The summed E-state index contributed by atoms with van der Waals surface area (Å²) in [5, 5.41) is 4.85. The number of nitrogens with one attached hydrogen (secondary N) is 1. The molecule has 2 heterocycles. The Morgan fingerprint density at radius 3 is 2.44 bits per heavy atom. The maximum atomic E-state index is 13.6. The van der Waals surface area contributed by atoms with Crippen LogP contribution < -0.4 is 4.74 Å². The average molecular weight is 466 g/mol. The third-order valence-electron chi connectivity index (χ3n) is 4.83. The molecule has 0 fully saturated rings. The zero-order chi connectivity index (χ0) is 22.1. The molecule has 0 amide bonds. The Morgan fingerprint density at radius 1 is 0.969 bits per heavy atom. The monoisotopic (exact) mass is 465 g/mol. The van der Waals surface area contributed by atoms with Crippen LogP contribution in [0.5, 0.6) is 5.75 Å². The van der Waals surface area contributed by atoms with E-state index in [0.29, 0.717) is 21.7 Å². The van der Waals surface area contributed by atoms with Crippen molar-refractivity contribution in [3.8, 4) is 17.3 Å². The van der Waals surface area contributed by atoms with Crippen molar-refractivity contribution < 1.29 is 17.7 Å². The van der Waals surface area contributed by atoms with Crippen molar-refractivity contribution >= 4 is 32.3 Å². The van der Waals surface area contributed by atoms with Crippen LogP contribution in [-0.2, 0) is 16.4 Å². The van der Waals surface area contributed by atoms with Crippen molar-refractivity contribution in [1.29, 1.82) is 0 Å². The van der Waals surface area contributed by atoms with Crippen molar-refractivity contribution in [2.24, 2.45) is 0 Å². The minimum atomic E-state index is -3.91. The molecule has 2 aromatic heterocycles. The van der Waals surface area contributed by atoms with E-state index in [1.54, 1.807) is 36.4 Å². The van der Waals surface area contributed by atoms with Crippen molar-refractivity contribution in [3.05, 3.63) is 89.8 Å². The van der Waals surface area contributed by atoms with Gasteiger partial charge in [-0.1, -0.05) is 53.2 Å². The van der Waals surface area contributed by atoms with Gasteiger partial charge in [0.05, 0.1) is 4.90 Å². The molecule has 0 bridgehead atoms. The minimum absolute atomic E-state index is 0.0394. The van der Waals surface area contributed by atoms with Crippen LogP contribution in [0, 0.1) is 0 Å². The molecule has 0 saturated carbocycles. The first-order valence-electron chi connectivity index (χ1n) is 9.64. The number of fused-ring (bicyclic) bond motifs is 1. The second-order valence-electron chi connectivity index (χ2n) is 6.95. The molecule has 1 N–H and O–H groups in total. The highest BCUT2D eigenvalue weighted by atomic mass is 35.5. The maximum absolute atomic E-state index is 13.6. The Hall–Kier alpha value is -3.62. The lowest BCUT2D eigenvalue weighted by molar-refractivity contribution is 0.243. The third kappa shape index (κ3) is 3.74. The Balaban J connectivity index is 1.59. The lowest BCUT2D eigenvalue weighted by atomic mass is 10.2. The molecule has 3 aromatic carbocycles. The van der Waals surface area contributed by atoms with Crippen LogP contribution in [0.15, 0.2) is 93.2 Å². The lowest BCUT2D eigenvalue weighted by Gasteiger charge is -2.05. The number of benzene rings is 3. The zero-order valence-corrected chi connectivity index (χ0v) is 18.1. The van der Waals surface area contributed by atoms with Gasteiger partial charge in [-0.2, -0.15) is 4.98 Å². The number of halogens is 1. The van der Waals surface area contributed by atoms with Crippen molar-refractivity contribution in [2.45, 2.75) is 16.4 Å². The van der Waals surface area contributed by atoms with E-state index in [9.17, 15) is 8.42 Å². The van der Waals surface area contributed by atoms with Gasteiger partial charge in [-0.3, -0.25) is 0 Å². The van der Waals surface area contributed by atoms with Crippen LogP contribution in [0.3, 0.4) is 0 Å². The summed E-state index contributed by atoms with van der Waals surface area (Å²) in [4.78, 5) is 7.65. The van der Waals surface area contributed by atoms with E-state index < -0.39 is 9.84 Å².